The van der Waals surface area contributed by atoms with Crippen molar-refractivity contribution in [1.29, 1.82) is 0 Å². The average Bonchev–Trinajstić information content (AvgIpc) is 2.40. The standard InChI is InChI=1S/C16H17N3O/c1-11-10-16(2,3)19-12-7-8-14(18-15(11)12)20-13-6-4-5-9-17-13/h4-10,19H,1-3H3. The number of anilines is 1. The molecule has 3 rings (SSSR count). The molecule has 20 heavy (non-hydrogen) atoms. The molecule has 1 aliphatic rings. The van der Waals surface area contributed by atoms with Crippen molar-refractivity contribution >= 4 is 11.3 Å². The van der Waals surface area contributed by atoms with E-state index < -0.39 is 0 Å². The molecule has 0 atom stereocenters. The fraction of sp³-hybridized carbons (Fsp3) is 0.250. The van der Waals surface area contributed by atoms with Crippen LogP contribution in [0, 0.1) is 0 Å². The van der Waals surface area contributed by atoms with Gasteiger partial charge in [-0.2, -0.15) is 0 Å². The first-order valence-electron chi connectivity index (χ1n) is 6.61. The molecule has 2 aromatic rings. The van der Waals surface area contributed by atoms with Gasteiger partial charge in [-0.15, -0.1) is 0 Å². The largest absolute Gasteiger partial charge is 0.421 e. The molecular formula is C16H17N3O. The van der Waals surface area contributed by atoms with Gasteiger partial charge in [0.15, 0.2) is 0 Å². The van der Waals surface area contributed by atoms with Crippen LogP contribution in [0.25, 0.3) is 5.57 Å². The van der Waals surface area contributed by atoms with Crippen LogP contribution in [-0.2, 0) is 0 Å². The summed E-state index contributed by atoms with van der Waals surface area (Å²) in [6, 6.07) is 9.40. The van der Waals surface area contributed by atoms with Crippen LogP contribution in [0.15, 0.2) is 42.6 Å². The molecule has 0 unspecified atom stereocenters. The topological polar surface area (TPSA) is 47.0 Å². The molecule has 0 saturated heterocycles. The number of aromatic nitrogens is 2. The number of fused-ring (bicyclic) bond motifs is 1. The quantitative estimate of drug-likeness (QED) is 0.897. The van der Waals surface area contributed by atoms with Crippen LogP contribution in [0.5, 0.6) is 11.8 Å². The molecule has 3 heterocycles. The number of nitrogens with zero attached hydrogens (tertiary/aromatic N) is 2. The minimum Gasteiger partial charge on any atom is -0.421 e. The summed E-state index contributed by atoms with van der Waals surface area (Å²) in [4.78, 5) is 8.70. The second-order valence-corrected chi connectivity index (χ2v) is 5.49. The Kier molecular flexibility index (Phi) is 2.93. The highest BCUT2D eigenvalue weighted by Gasteiger charge is 2.23. The van der Waals surface area contributed by atoms with Crippen LogP contribution >= 0.6 is 0 Å². The summed E-state index contributed by atoms with van der Waals surface area (Å²) in [6.07, 6.45) is 3.87. The van der Waals surface area contributed by atoms with E-state index >= 15 is 0 Å². The SMILES string of the molecule is CC1=CC(C)(C)Nc2ccc(Oc3ccccn3)nc21. The lowest BCUT2D eigenvalue weighted by Crippen LogP contribution is -2.31. The molecule has 0 aliphatic carbocycles. The van der Waals surface area contributed by atoms with E-state index in [0.717, 1.165) is 17.0 Å². The van der Waals surface area contributed by atoms with Crippen molar-refractivity contribution in [3.8, 4) is 11.8 Å². The fourth-order valence-corrected chi connectivity index (χ4v) is 2.41. The maximum absolute atomic E-state index is 5.67. The molecule has 0 radical (unpaired) electrons. The number of rotatable bonds is 2. The lowest BCUT2D eigenvalue weighted by molar-refractivity contribution is 0.444. The van der Waals surface area contributed by atoms with E-state index in [9.17, 15) is 0 Å². The maximum Gasteiger partial charge on any atom is 0.221 e. The van der Waals surface area contributed by atoms with Crippen LogP contribution in [-0.4, -0.2) is 15.5 Å². The number of pyridine rings is 2. The lowest BCUT2D eigenvalue weighted by Gasteiger charge is -2.30. The smallest absolute Gasteiger partial charge is 0.221 e. The molecule has 0 amide bonds. The minimum absolute atomic E-state index is 0.0534. The Balaban J connectivity index is 1.93. The van der Waals surface area contributed by atoms with Gasteiger partial charge in [-0.1, -0.05) is 12.1 Å². The van der Waals surface area contributed by atoms with Gasteiger partial charge in [0, 0.05) is 18.3 Å². The molecule has 4 heteroatoms. The zero-order valence-corrected chi connectivity index (χ0v) is 11.8. The van der Waals surface area contributed by atoms with Crippen LogP contribution in [0.3, 0.4) is 0 Å². The van der Waals surface area contributed by atoms with Crippen molar-refractivity contribution in [2.45, 2.75) is 26.3 Å². The van der Waals surface area contributed by atoms with Crippen molar-refractivity contribution < 1.29 is 4.74 Å². The van der Waals surface area contributed by atoms with E-state index in [-0.39, 0.29) is 5.54 Å². The number of allylic oxidation sites excluding steroid dienone is 1. The summed E-state index contributed by atoms with van der Waals surface area (Å²) in [5.41, 5.74) is 3.05. The third kappa shape index (κ3) is 2.50. The summed E-state index contributed by atoms with van der Waals surface area (Å²) in [5.74, 6) is 1.10. The molecular weight excluding hydrogens is 250 g/mol. The van der Waals surface area contributed by atoms with Crippen molar-refractivity contribution in [3.05, 3.63) is 48.3 Å². The number of hydrogen-bond donors (Lipinski definition) is 1. The zero-order chi connectivity index (χ0) is 14.2. The van der Waals surface area contributed by atoms with Crippen molar-refractivity contribution in [1.82, 2.24) is 9.97 Å². The molecule has 0 fully saturated rings. The maximum atomic E-state index is 5.67. The molecule has 0 bridgehead atoms. The Morgan fingerprint density at radius 1 is 1.10 bits per heavy atom. The van der Waals surface area contributed by atoms with Gasteiger partial charge >= 0.3 is 0 Å². The summed E-state index contributed by atoms with van der Waals surface area (Å²) < 4.78 is 5.67. The lowest BCUT2D eigenvalue weighted by atomic mass is 9.94. The summed E-state index contributed by atoms with van der Waals surface area (Å²) in [5, 5.41) is 3.45. The Morgan fingerprint density at radius 2 is 1.95 bits per heavy atom. The van der Waals surface area contributed by atoms with Crippen molar-refractivity contribution in [2.75, 3.05) is 5.32 Å². The molecule has 1 aliphatic heterocycles. The van der Waals surface area contributed by atoms with Gasteiger partial charge in [0.05, 0.1) is 16.9 Å². The van der Waals surface area contributed by atoms with Crippen molar-refractivity contribution in [3.63, 3.8) is 0 Å². The van der Waals surface area contributed by atoms with Crippen LogP contribution < -0.4 is 10.1 Å². The second-order valence-electron chi connectivity index (χ2n) is 5.49. The van der Waals surface area contributed by atoms with Gasteiger partial charge in [0.25, 0.3) is 0 Å². The average molecular weight is 267 g/mol. The monoisotopic (exact) mass is 267 g/mol. The Bertz CT molecular complexity index is 663. The van der Waals surface area contributed by atoms with E-state index in [1.165, 1.54) is 0 Å². The Hall–Kier alpha value is -2.36. The normalized spacial score (nSPS) is 15.8. The predicted octanol–water partition coefficient (Wildman–Crippen LogP) is 3.88. The molecule has 0 saturated carbocycles. The highest BCUT2D eigenvalue weighted by Crippen LogP contribution is 2.33. The Labute approximate surface area is 118 Å². The van der Waals surface area contributed by atoms with Crippen LogP contribution in [0.2, 0.25) is 0 Å². The summed E-state index contributed by atoms with van der Waals surface area (Å²) in [6.45, 7) is 6.34. The van der Waals surface area contributed by atoms with Gasteiger partial charge < -0.3 is 10.1 Å². The number of hydrogen-bond acceptors (Lipinski definition) is 4. The molecule has 0 aromatic carbocycles. The van der Waals surface area contributed by atoms with E-state index in [0.29, 0.717) is 11.8 Å². The van der Waals surface area contributed by atoms with E-state index in [1.54, 1.807) is 6.20 Å². The van der Waals surface area contributed by atoms with E-state index in [2.05, 4.69) is 42.1 Å². The zero-order valence-electron chi connectivity index (χ0n) is 11.8. The third-order valence-corrected chi connectivity index (χ3v) is 3.12. The number of ether oxygens (including phenoxy) is 1. The molecule has 1 N–H and O–H groups in total. The predicted molar refractivity (Wildman–Crippen MR) is 79.9 cm³/mol. The summed E-state index contributed by atoms with van der Waals surface area (Å²) in [7, 11) is 0. The Morgan fingerprint density at radius 3 is 2.70 bits per heavy atom. The number of nitrogens with one attached hydrogen (secondary N) is 1. The third-order valence-electron chi connectivity index (χ3n) is 3.12. The highest BCUT2D eigenvalue weighted by molar-refractivity contribution is 5.77. The summed E-state index contributed by atoms with van der Waals surface area (Å²) >= 11 is 0. The first-order valence-corrected chi connectivity index (χ1v) is 6.61. The van der Waals surface area contributed by atoms with Gasteiger partial charge in [-0.3, -0.25) is 0 Å². The van der Waals surface area contributed by atoms with Crippen LogP contribution in [0.1, 0.15) is 26.5 Å². The van der Waals surface area contributed by atoms with E-state index in [1.807, 2.05) is 30.3 Å². The molecule has 2 aromatic heterocycles. The van der Waals surface area contributed by atoms with Gasteiger partial charge in [-0.05, 0) is 38.5 Å². The van der Waals surface area contributed by atoms with Crippen LogP contribution in [0.4, 0.5) is 5.69 Å². The molecule has 4 nitrogen and oxygen atoms in total. The highest BCUT2D eigenvalue weighted by atomic mass is 16.5. The molecule has 0 spiro atoms. The minimum atomic E-state index is -0.0534. The molecule has 102 valence electrons. The van der Waals surface area contributed by atoms with Gasteiger partial charge in [0.1, 0.15) is 0 Å². The first kappa shape index (κ1) is 12.7. The van der Waals surface area contributed by atoms with Crippen molar-refractivity contribution in [2.24, 2.45) is 0 Å². The fourth-order valence-electron chi connectivity index (χ4n) is 2.41. The van der Waals surface area contributed by atoms with Gasteiger partial charge in [-0.25, -0.2) is 9.97 Å². The second kappa shape index (κ2) is 4.63. The van der Waals surface area contributed by atoms with Gasteiger partial charge in [0.2, 0.25) is 11.8 Å². The first-order chi connectivity index (χ1) is 9.53. The van der Waals surface area contributed by atoms with E-state index in [4.69, 9.17) is 4.74 Å².